The maximum absolute atomic E-state index is 12.8. The number of rotatable bonds is 13. The number of nitrogens with one attached hydrogen (secondary N) is 1. The Morgan fingerprint density at radius 3 is 1.26 bits per heavy atom. The van der Waals surface area contributed by atoms with Crippen LogP contribution < -0.4 is 11.4 Å². The summed E-state index contributed by atoms with van der Waals surface area (Å²) in [5.74, 6) is 3.40. The molecule has 0 saturated heterocycles. The number of carbonyl (C=O) groups is 4. The molecule has 13 nitrogen and oxygen atoms in total. The molecule has 0 aliphatic rings. The van der Waals surface area contributed by atoms with E-state index in [1.807, 2.05) is 121 Å². The van der Waals surface area contributed by atoms with Crippen LogP contribution in [-0.4, -0.2) is 76.4 Å². The fourth-order valence-electron chi connectivity index (χ4n) is 4.90. The first-order valence-electron chi connectivity index (χ1n) is 18.4. The molecule has 3 amide bonds. The van der Waals surface area contributed by atoms with Gasteiger partial charge in [-0.05, 0) is 63.8 Å². The van der Waals surface area contributed by atoms with E-state index < -0.39 is 47.3 Å². The molecular weight excluding hydrogens is 729 g/mol. The quantitative estimate of drug-likeness (QED) is 0.117. The molecule has 308 valence electrons. The Balaban J connectivity index is 0.000000334. The molecule has 0 spiro atoms. The van der Waals surface area contributed by atoms with Crippen molar-refractivity contribution in [3.63, 3.8) is 0 Å². The third-order valence-electron chi connectivity index (χ3n) is 7.78. The average Bonchev–Trinajstić information content (AvgIpc) is 3.16. The van der Waals surface area contributed by atoms with Crippen molar-refractivity contribution in [2.75, 3.05) is 14.1 Å². The number of nitrogens with zero attached hydrogens (tertiary/aromatic N) is 2. The lowest BCUT2D eigenvalue weighted by Gasteiger charge is -2.30. The first-order valence-corrected chi connectivity index (χ1v) is 18.4. The predicted octanol–water partition coefficient (Wildman–Crippen LogP) is 7.34. The van der Waals surface area contributed by atoms with Gasteiger partial charge in [0.05, 0.1) is 13.2 Å². The van der Waals surface area contributed by atoms with Crippen molar-refractivity contribution in [2.24, 2.45) is 5.90 Å². The second kappa shape index (κ2) is 24.0. The molecule has 0 heterocycles. The highest BCUT2D eigenvalue weighted by Gasteiger charge is 2.31. The van der Waals surface area contributed by atoms with E-state index in [2.05, 4.69) is 10.3 Å². The SMILES string of the molecule is CN(C(=O)OC(C)(C)C)[C@@H](Cc1ccccc1)C(=O)NOCc1ccccc1.CN(C(=O)OC(C)(C)C)[C@@H](Cc1ccccc1)C(=O)O.NOCc1ccccc1. The number of likely N-dealkylation sites (N-methyl/N-ethyl adjacent to an activating group) is 2. The molecule has 4 rings (SSSR count). The fraction of sp³-hybridized carbons (Fsp3) is 0.364. The van der Waals surface area contributed by atoms with Gasteiger partial charge in [0.25, 0.3) is 5.91 Å². The van der Waals surface area contributed by atoms with E-state index in [1.165, 1.54) is 11.9 Å². The van der Waals surface area contributed by atoms with Crippen LogP contribution in [0.4, 0.5) is 9.59 Å². The summed E-state index contributed by atoms with van der Waals surface area (Å²) in [6.45, 7) is 11.3. The number of benzene rings is 4. The van der Waals surface area contributed by atoms with E-state index in [1.54, 1.807) is 48.6 Å². The van der Waals surface area contributed by atoms with E-state index in [0.717, 1.165) is 27.2 Å². The van der Waals surface area contributed by atoms with Gasteiger partial charge < -0.3 is 14.6 Å². The Kier molecular flexibility index (Phi) is 20.0. The summed E-state index contributed by atoms with van der Waals surface area (Å²) >= 11 is 0. The van der Waals surface area contributed by atoms with Crippen LogP contribution in [0.2, 0.25) is 0 Å². The summed E-state index contributed by atoms with van der Waals surface area (Å²) in [6.07, 6.45) is -0.615. The molecule has 0 radical (unpaired) electrons. The Bertz CT molecular complexity index is 1770. The molecule has 0 aliphatic heterocycles. The number of hydrogen-bond acceptors (Lipinski definition) is 9. The first kappa shape index (κ1) is 47.4. The Morgan fingerprint density at radius 2 is 0.912 bits per heavy atom. The van der Waals surface area contributed by atoms with Crippen molar-refractivity contribution in [2.45, 2.75) is 90.9 Å². The second-order valence-electron chi connectivity index (χ2n) is 15.0. The molecule has 0 fully saturated rings. The minimum absolute atomic E-state index is 0.237. The highest BCUT2D eigenvalue weighted by molar-refractivity contribution is 5.85. The van der Waals surface area contributed by atoms with Crippen molar-refractivity contribution < 1.29 is 43.4 Å². The standard InChI is InChI=1S/C22H28N2O4.C15H21NO4.C7H9NO/c1-22(2,3)28-21(26)24(4)19(15-17-11-7-5-8-12-17)20(25)23-27-16-18-13-9-6-10-14-18;1-15(2,3)20-14(19)16(4)12(13(17)18)10-11-8-6-5-7-9-11;8-9-6-7-4-2-1-3-5-7/h5-14,19H,15-16H2,1-4H3,(H,23,25);5-9,12H,10H2,1-4H3,(H,17,18);1-5H,6,8H2/t19-;12-;/m00./s1. The van der Waals surface area contributed by atoms with E-state index in [9.17, 15) is 24.3 Å². The zero-order valence-electron chi connectivity index (χ0n) is 34.2. The molecule has 4 aromatic rings. The van der Waals surface area contributed by atoms with Gasteiger partial charge >= 0.3 is 18.2 Å². The lowest BCUT2D eigenvalue weighted by molar-refractivity contribution is -0.142. The summed E-state index contributed by atoms with van der Waals surface area (Å²) in [7, 11) is 2.99. The van der Waals surface area contributed by atoms with Crippen molar-refractivity contribution in [1.29, 1.82) is 0 Å². The molecule has 4 aromatic carbocycles. The van der Waals surface area contributed by atoms with Gasteiger partial charge in [-0.1, -0.05) is 121 Å². The summed E-state index contributed by atoms with van der Waals surface area (Å²) < 4.78 is 10.6. The summed E-state index contributed by atoms with van der Waals surface area (Å²) in [5, 5.41) is 9.30. The molecule has 0 aliphatic carbocycles. The molecule has 0 saturated carbocycles. The number of nitrogens with two attached hydrogens (primary N) is 1. The minimum atomic E-state index is -1.05. The number of amides is 3. The molecule has 0 unspecified atom stereocenters. The summed E-state index contributed by atoms with van der Waals surface area (Å²) in [6, 6.07) is 36.3. The van der Waals surface area contributed by atoms with Crippen LogP contribution in [0.5, 0.6) is 0 Å². The number of hydroxylamine groups is 1. The number of hydrogen-bond donors (Lipinski definition) is 3. The molecule has 57 heavy (non-hydrogen) atoms. The second-order valence-corrected chi connectivity index (χ2v) is 15.0. The van der Waals surface area contributed by atoms with E-state index >= 15 is 0 Å². The first-order chi connectivity index (χ1) is 26.9. The third-order valence-corrected chi connectivity index (χ3v) is 7.78. The van der Waals surface area contributed by atoms with Crippen LogP contribution in [0.3, 0.4) is 0 Å². The lowest BCUT2D eigenvalue weighted by Crippen LogP contribution is -2.50. The lowest BCUT2D eigenvalue weighted by atomic mass is 10.0. The minimum Gasteiger partial charge on any atom is -0.480 e. The van der Waals surface area contributed by atoms with Gasteiger partial charge in [-0.25, -0.2) is 25.8 Å². The molecule has 4 N–H and O–H groups in total. The fourth-order valence-corrected chi connectivity index (χ4v) is 4.90. The van der Waals surface area contributed by atoms with Gasteiger partial charge in [0.15, 0.2) is 0 Å². The molecule has 0 bridgehead atoms. The highest BCUT2D eigenvalue weighted by atomic mass is 16.7. The largest absolute Gasteiger partial charge is 0.480 e. The highest BCUT2D eigenvalue weighted by Crippen LogP contribution is 2.16. The number of aliphatic carboxylic acids is 1. The van der Waals surface area contributed by atoms with E-state index in [0.29, 0.717) is 13.0 Å². The topological polar surface area (TPSA) is 170 Å². The van der Waals surface area contributed by atoms with Gasteiger partial charge in [-0.3, -0.25) is 24.3 Å². The van der Waals surface area contributed by atoms with Crippen LogP contribution in [0.25, 0.3) is 0 Å². The zero-order valence-corrected chi connectivity index (χ0v) is 34.2. The van der Waals surface area contributed by atoms with Crippen molar-refractivity contribution in [1.82, 2.24) is 15.3 Å². The smallest absolute Gasteiger partial charge is 0.410 e. The average molecular weight is 787 g/mol. The molecular formula is C44H58N4O9. The monoisotopic (exact) mass is 786 g/mol. The maximum atomic E-state index is 12.8. The van der Waals surface area contributed by atoms with Crippen LogP contribution in [0, 0.1) is 0 Å². The number of carboxylic acid groups (broad SMARTS) is 1. The van der Waals surface area contributed by atoms with Crippen molar-refractivity contribution >= 4 is 24.1 Å². The summed E-state index contributed by atoms with van der Waals surface area (Å²) in [5.41, 5.74) is 4.98. The third kappa shape index (κ3) is 19.6. The van der Waals surface area contributed by atoms with Crippen LogP contribution in [0.15, 0.2) is 121 Å². The van der Waals surface area contributed by atoms with E-state index in [-0.39, 0.29) is 13.0 Å². The van der Waals surface area contributed by atoms with Crippen molar-refractivity contribution in [3.05, 3.63) is 144 Å². The van der Waals surface area contributed by atoms with Crippen LogP contribution in [-0.2, 0) is 54.8 Å². The van der Waals surface area contributed by atoms with Gasteiger partial charge in [0, 0.05) is 26.9 Å². The van der Waals surface area contributed by atoms with Gasteiger partial charge in [-0.15, -0.1) is 0 Å². The normalized spacial score (nSPS) is 11.9. The van der Waals surface area contributed by atoms with Crippen molar-refractivity contribution in [3.8, 4) is 0 Å². The molecule has 2 atom stereocenters. The van der Waals surface area contributed by atoms with Gasteiger partial charge in [0.2, 0.25) is 0 Å². The zero-order chi connectivity index (χ0) is 42.4. The Hall–Kier alpha value is -5.76. The number of ether oxygens (including phenoxy) is 2. The number of carboxylic acids is 1. The van der Waals surface area contributed by atoms with Crippen LogP contribution >= 0.6 is 0 Å². The predicted molar refractivity (Wildman–Crippen MR) is 218 cm³/mol. The molecule has 0 aromatic heterocycles. The number of carbonyl (C=O) groups excluding carboxylic acids is 3. The maximum Gasteiger partial charge on any atom is 0.410 e. The summed E-state index contributed by atoms with van der Waals surface area (Å²) in [4.78, 5) is 60.7. The van der Waals surface area contributed by atoms with E-state index in [4.69, 9.17) is 20.2 Å². The Morgan fingerprint density at radius 1 is 0.579 bits per heavy atom. The van der Waals surface area contributed by atoms with Crippen LogP contribution in [0.1, 0.15) is 63.8 Å². The van der Waals surface area contributed by atoms with Gasteiger partial charge in [0.1, 0.15) is 23.3 Å². The Labute approximate surface area is 336 Å². The molecule has 13 heteroatoms. The van der Waals surface area contributed by atoms with Gasteiger partial charge in [-0.2, -0.15) is 0 Å².